The molecule has 1 unspecified atom stereocenters. The van der Waals surface area contributed by atoms with Gasteiger partial charge in [0, 0.05) is 0 Å². The van der Waals surface area contributed by atoms with Crippen LogP contribution in [0.15, 0.2) is 47.3 Å². The summed E-state index contributed by atoms with van der Waals surface area (Å²) in [5, 5.41) is 8.69. The molecule has 1 amide bonds. The molecule has 1 aromatic heterocycles. The van der Waals surface area contributed by atoms with Gasteiger partial charge in [0.1, 0.15) is 17.3 Å². The lowest BCUT2D eigenvalue weighted by atomic mass is 10.00. The Bertz CT molecular complexity index is 1220. The van der Waals surface area contributed by atoms with Gasteiger partial charge in [-0.15, -0.1) is 0 Å². The van der Waals surface area contributed by atoms with Crippen molar-refractivity contribution in [3.05, 3.63) is 75.2 Å². The second-order valence-corrected chi connectivity index (χ2v) is 8.25. The van der Waals surface area contributed by atoms with Gasteiger partial charge in [-0.2, -0.15) is 0 Å². The van der Waals surface area contributed by atoms with E-state index in [4.69, 9.17) is 14.9 Å². The predicted octanol–water partition coefficient (Wildman–Crippen LogP) is 3.25. The second kappa shape index (κ2) is 10.5. The van der Waals surface area contributed by atoms with Crippen LogP contribution >= 0.6 is 0 Å². The third kappa shape index (κ3) is 5.11. The highest BCUT2D eigenvalue weighted by Gasteiger charge is 2.27. The molecule has 0 saturated heterocycles. The Hall–Kier alpha value is -3.69. The molecule has 178 valence electrons. The van der Waals surface area contributed by atoms with Crippen molar-refractivity contribution in [3.63, 3.8) is 0 Å². The molecule has 1 atom stereocenters. The fourth-order valence-corrected chi connectivity index (χ4v) is 4.11. The summed E-state index contributed by atoms with van der Waals surface area (Å²) in [6.07, 6.45) is 2.60. The first kappa shape index (κ1) is 23.5. The van der Waals surface area contributed by atoms with Crippen molar-refractivity contribution < 1.29 is 14.7 Å². The zero-order chi connectivity index (χ0) is 24.1. The molecule has 34 heavy (non-hydrogen) atoms. The van der Waals surface area contributed by atoms with Crippen molar-refractivity contribution in [2.24, 2.45) is 0 Å². The standard InChI is InChI=1S/C25H29N5O4/c1-3-5-19-22-23(29-28-19)25(32)27-24(26-22)18-13-17(10-11-20(18)34-4-2)12-15-6-8-16(9-7-15)14-21(31)30-33/h6-11,13,19,28-29,33H,3-5,12,14H2,1-2H3,(H,30,31)(H,26,27,32). The minimum Gasteiger partial charge on any atom is -0.493 e. The monoisotopic (exact) mass is 463 g/mol. The Morgan fingerprint density at radius 1 is 1.12 bits per heavy atom. The highest BCUT2D eigenvalue weighted by atomic mass is 16.5. The number of rotatable bonds is 9. The number of carbonyl (C=O) groups is 1. The second-order valence-electron chi connectivity index (χ2n) is 8.25. The summed E-state index contributed by atoms with van der Waals surface area (Å²) in [7, 11) is 0. The first-order valence-corrected chi connectivity index (χ1v) is 11.4. The summed E-state index contributed by atoms with van der Waals surface area (Å²) in [4.78, 5) is 31.8. The molecule has 9 heteroatoms. The average Bonchev–Trinajstić information content (AvgIpc) is 3.25. The number of anilines is 1. The third-order valence-electron chi connectivity index (χ3n) is 5.75. The molecule has 0 fully saturated rings. The van der Waals surface area contributed by atoms with Crippen LogP contribution in [-0.4, -0.2) is 27.7 Å². The van der Waals surface area contributed by atoms with Crippen molar-refractivity contribution in [2.45, 2.75) is 45.6 Å². The van der Waals surface area contributed by atoms with Gasteiger partial charge in [0.25, 0.3) is 5.56 Å². The topological polar surface area (TPSA) is 128 Å². The van der Waals surface area contributed by atoms with E-state index < -0.39 is 5.91 Å². The Labute approximate surface area is 197 Å². The van der Waals surface area contributed by atoms with E-state index in [2.05, 4.69) is 22.8 Å². The molecule has 1 aliphatic rings. The van der Waals surface area contributed by atoms with Gasteiger partial charge >= 0.3 is 0 Å². The van der Waals surface area contributed by atoms with Crippen LogP contribution in [0.1, 0.15) is 55.1 Å². The summed E-state index contributed by atoms with van der Waals surface area (Å²) in [6.45, 7) is 4.50. The number of nitrogens with one attached hydrogen (secondary N) is 4. The van der Waals surface area contributed by atoms with Crippen LogP contribution in [0.2, 0.25) is 0 Å². The molecule has 0 aliphatic carbocycles. The number of hydrogen-bond donors (Lipinski definition) is 5. The molecule has 0 saturated carbocycles. The number of aromatic nitrogens is 2. The smallest absolute Gasteiger partial charge is 0.276 e. The number of carbonyl (C=O) groups excluding carboxylic acids is 1. The first-order chi connectivity index (χ1) is 16.5. The van der Waals surface area contributed by atoms with Crippen LogP contribution in [0.3, 0.4) is 0 Å². The Kier molecular flexibility index (Phi) is 7.24. The molecular weight excluding hydrogens is 434 g/mol. The molecule has 2 heterocycles. The van der Waals surface area contributed by atoms with Crippen molar-refractivity contribution in [1.82, 2.24) is 20.9 Å². The lowest BCUT2D eigenvalue weighted by molar-refractivity contribution is -0.128. The van der Waals surface area contributed by atoms with Gasteiger partial charge in [-0.05, 0) is 48.6 Å². The maximum atomic E-state index is 12.7. The Morgan fingerprint density at radius 3 is 2.56 bits per heavy atom. The van der Waals surface area contributed by atoms with Crippen LogP contribution in [0, 0.1) is 0 Å². The van der Waals surface area contributed by atoms with Gasteiger partial charge in [-0.3, -0.25) is 14.8 Å². The summed E-state index contributed by atoms with van der Waals surface area (Å²) in [5.41, 5.74) is 12.4. The zero-order valence-corrected chi connectivity index (χ0v) is 19.3. The number of hydroxylamine groups is 1. The normalized spacial score (nSPS) is 14.4. The average molecular weight is 464 g/mol. The van der Waals surface area contributed by atoms with Gasteiger partial charge in [-0.1, -0.05) is 43.7 Å². The predicted molar refractivity (Wildman–Crippen MR) is 129 cm³/mol. The van der Waals surface area contributed by atoms with Crippen LogP contribution in [0.5, 0.6) is 5.75 Å². The summed E-state index contributed by atoms with van der Waals surface area (Å²) in [6, 6.07) is 13.5. The van der Waals surface area contributed by atoms with E-state index in [0.717, 1.165) is 40.8 Å². The number of H-pyrrole nitrogens is 1. The van der Waals surface area contributed by atoms with E-state index in [9.17, 15) is 9.59 Å². The van der Waals surface area contributed by atoms with E-state index >= 15 is 0 Å². The van der Waals surface area contributed by atoms with E-state index in [1.807, 2.05) is 49.4 Å². The molecule has 3 aromatic rings. The summed E-state index contributed by atoms with van der Waals surface area (Å²) < 4.78 is 5.84. The van der Waals surface area contributed by atoms with Crippen LogP contribution in [0.4, 0.5) is 5.69 Å². The van der Waals surface area contributed by atoms with Gasteiger partial charge < -0.3 is 15.1 Å². The van der Waals surface area contributed by atoms with E-state index in [-0.39, 0.29) is 18.0 Å². The van der Waals surface area contributed by atoms with Gasteiger partial charge in [0.2, 0.25) is 5.91 Å². The molecule has 0 bridgehead atoms. The minimum absolute atomic E-state index is 0.0220. The number of benzene rings is 2. The van der Waals surface area contributed by atoms with Crippen molar-refractivity contribution in [2.75, 3.05) is 12.0 Å². The summed E-state index contributed by atoms with van der Waals surface area (Å²) >= 11 is 0. The Balaban J connectivity index is 1.65. The number of nitrogens with zero attached hydrogens (tertiary/aromatic N) is 1. The maximum Gasteiger partial charge on any atom is 0.276 e. The van der Waals surface area contributed by atoms with Gasteiger partial charge in [-0.25, -0.2) is 15.9 Å². The number of amides is 1. The molecule has 0 radical (unpaired) electrons. The molecule has 0 spiro atoms. The fraction of sp³-hybridized carbons (Fsp3) is 0.320. The molecule has 4 rings (SSSR count). The lowest BCUT2D eigenvalue weighted by Gasteiger charge is -2.14. The van der Waals surface area contributed by atoms with Crippen molar-refractivity contribution in [3.8, 4) is 17.1 Å². The lowest BCUT2D eigenvalue weighted by Crippen LogP contribution is -2.20. The van der Waals surface area contributed by atoms with Crippen LogP contribution < -0.4 is 26.6 Å². The highest BCUT2D eigenvalue weighted by Crippen LogP contribution is 2.33. The number of hydrazine groups is 1. The number of hydrogen-bond acceptors (Lipinski definition) is 7. The maximum absolute atomic E-state index is 12.7. The SMILES string of the molecule is CCCC1NNc2c1nc(-c1cc(Cc3ccc(CC(=O)NO)cc3)ccc1OCC)[nH]c2=O. The number of aromatic amines is 1. The molecule has 9 nitrogen and oxygen atoms in total. The fourth-order valence-electron chi connectivity index (χ4n) is 4.11. The van der Waals surface area contributed by atoms with Gasteiger partial charge in [0.15, 0.2) is 0 Å². The number of fused-ring (bicyclic) bond motifs is 1. The van der Waals surface area contributed by atoms with Crippen molar-refractivity contribution in [1.29, 1.82) is 0 Å². The summed E-state index contributed by atoms with van der Waals surface area (Å²) in [5.74, 6) is 0.683. The van der Waals surface area contributed by atoms with E-state index in [0.29, 0.717) is 30.3 Å². The van der Waals surface area contributed by atoms with E-state index in [1.54, 1.807) is 5.48 Å². The molecule has 1 aliphatic heterocycles. The van der Waals surface area contributed by atoms with Crippen LogP contribution in [0.25, 0.3) is 11.4 Å². The third-order valence-corrected chi connectivity index (χ3v) is 5.75. The van der Waals surface area contributed by atoms with E-state index in [1.165, 1.54) is 0 Å². The molecule has 5 N–H and O–H groups in total. The quantitative estimate of drug-likeness (QED) is 0.243. The highest BCUT2D eigenvalue weighted by molar-refractivity contribution is 5.77. The van der Waals surface area contributed by atoms with Crippen molar-refractivity contribution >= 4 is 11.6 Å². The number of ether oxygens (including phenoxy) is 1. The van der Waals surface area contributed by atoms with Gasteiger partial charge in [0.05, 0.1) is 30.3 Å². The largest absolute Gasteiger partial charge is 0.493 e. The zero-order valence-electron chi connectivity index (χ0n) is 19.3. The molecule has 2 aromatic carbocycles. The minimum atomic E-state index is -0.452. The molecular formula is C25H29N5O4. The first-order valence-electron chi connectivity index (χ1n) is 11.4. The van der Waals surface area contributed by atoms with Crippen LogP contribution in [-0.2, 0) is 17.6 Å². The Morgan fingerprint density at radius 2 is 1.85 bits per heavy atom.